The van der Waals surface area contributed by atoms with Gasteiger partial charge in [-0.1, -0.05) is 0 Å². The van der Waals surface area contributed by atoms with Gasteiger partial charge in [0.25, 0.3) is 10.0 Å². The summed E-state index contributed by atoms with van der Waals surface area (Å²) in [7, 11) is -3.58. The van der Waals surface area contributed by atoms with Crippen LogP contribution in [0.2, 0.25) is 0 Å². The Kier molecular flexibility index (Phi) is 2.41. The van der Waals surface area contributed by atoms with Crippen LogP contribution in [-0.2, 0) is 16.6 Å². The van der Waals surface area contributed by atoms with Gasteiger partial charge >= 0.3 is 0 Å². The predicted molar refractivity (Wildman–Crippen MR) is 66.6 cm³/mol. The van der Waals surface area contributed by atoms with E-state index in [9.17, 15) is 8.42 Å². The monoisotopic (exact) mass is 283 g/mol. The molecule has 4 atom stereocenters. The van der Waals surface area contributed by atoms with Gasteiger partial charge in [0.05, 0.1) is 0 Å². The van der Waals surface area contributed by atoms with Crippen molar-refractivity contribution in [2.45, 2.75) is 37.0 Å². The number of hydrogen-bond donors (Lipinski definition) is 2. The van der Waals surface area contributed by atoms with E-state index in [0.717, 1.165) is 11.8 Å². The fraction of sp³-hybridized carbons (Fsp3) is 0.692. The number of aliphatic hydroxyl groups excluding tert-OH is 1. The maximum atomic E-state index is 12.2. The number of rotatable bonds is 4. The van der Waals surface area contributed by atoms with Crippen molar-refractivity contribution in [1.29, 1.82) is 0 Å². The largest absolute Gasteiger partial charge is 0.446 e. The Morgan fingerprint density at radius 2 is 1.95 bits per heavy atom. The van der Waals surface area contributed by atoms with Crippen LogP contribution in [0, 0.1) is 23.7 Å². The average Bonchev–Trinajstić information content (AvgIpc) is 2.88. The quantitative estimate of drug-likeness (QED) is 0.867. The second-order valence-corrected chi connectivity index (χ2v) is 7.66. The molecule has 3 aliphatic carbocycles. The van der Waals surface area contributed by atoms with Crippen molar-refractivity contribution in [3.8, 4) is 0 Å². The molecule has 104 valence electrons. The van der Waals surface area contributed by atoms with Crippen molar-refractivity contribution in [2.75, 3.05) is 0 Å². The molecule has 0 saturated heterocycles. The van der Waals surface area contributed by atoms with Gasteiger partial charge < -0.3 is 9.52 Å². The summed E-state index contributed by atoms with van der Waals surface area (Å²) in [6.45, 7) is -0.283. The Bertz CT molecular complexity index is 592. The Morgan fingerprint density at radius 1 is 1.26 bits per heavy atom. The van der Waals surface area contributed by atoms with Crippen molar-refractivity contribution in [3.63, 3.8) is 0 Å². The third-order valence-electron chi connectivity index (χ3n) is 5.08. The zero-order valence-electron chi connectivity index (χ0n) is 10.5. The van der Waals surface area contributed by atoms with Crippen LogP contribution in [0.3, 0.4) is 0 Å². The van der Waals surface area contributed by atoms with Crippen molar-refractivity contribution in [1.82, 2.24) is 4.72 Å². The van der Waals surface area contributed by atoms with Crippen LogP contribution in [-0.4, -0.2) is 19.6 Å². The molecule has 19 heavy (non-hydrogen) atoms. The first-order valence-corrected chi connectivity index (χ1v) is 8.30. The molecule has 2 bridgehead atoms. The molecule has 3 fully saturated rings. The zero-order valence-corrected chi connectivity index (χ0v) is 11.3. The van der Waals surface area contributed by atoms with Gasteiger partial charge in [-0.25, -0.2) is 13.1 Å². The highest BCUT2D eigenvalue weighted by atomic mass is 32.2. The predicted octanol–water partition coefficient (Wildman–Crippen LogP) is 1.09. The lowest BCUT2D eigenvalue weighted by Crippen LogP contribution is -2.29. The molecule has 1 aromatic heterocycles. The van der Waals surface area contributed by atoms with E-state index in [1.54, 1.807) is 0 Å². The number of aliphatic hydroxyl groups is 1. The summed E-state index contributed by atoms with van der Waals surface area (Å²) in [5.41, 5.74) is 0. The van der Waals surface area contributed by atoms with Crippen LogP contribution >= 0.6 is 0 Å². The van der Waals surface area contributed by atoms with Crippen LogP contribution in [0.25, 0.3) is 0 Å². The maximum Gasteiger partial charge on any atom is 0.274 e. The molecule has 1 aromatic rings. The van der Waals surface area contributed by atoms with E-state index in [1.165, 1.54) is 31.4 Å². The number of nitrogens with one attached hydrogen (secondary N) is 1. The Labute approximate surface area is 112 Å². The minimum Gasteiger partial charge on any atom is -0.446 e. The standard InChI is InChI=1S/C13H17NO4S/c15-6-9-3-4-10(18-9)19(16,17)14-13-11-7-1-2-8(5-7)12(11)13/h3-4,7-8,11-15H,1-2,5-6H2. The first kappa shape index (κ1) is 11.9. The summed E-state index contributed by atoms with van der Waals surface area (Å²) in [5, 5.41) is 8.82. The molecule has 2 N–H and O–H groups in total. The van der Waals surface area contributed by atoms with Crippen molar-refractivity contribution >= 4 is 10.0 Å². The summed E-state index contributed by atoms with van der Waals surface area (Å²) in [5.74, 6) is 2.85. The maximum absolute atomic E-state index is 12.2. The summed E-state index contributed by atoms with van der Waals surface area (Å²) in [6.07, 6.45) is 3.82. The lowest BCUT2D eigenvalue weighted by molar-refractivity contribution is 0.236. The van der Waals surface area contributed by atoms with E-state index < -0.39 is 10.0 Å². The Morgan fingerprint density at radius 3 is 2.53 bits per heavy atom. The van der Waals surface area contributed by atoms with E-state index in [4.69, 9.17) is 9.52 Å². The van der Waals surface area contributed by atoms with Gasteiger partial charge in [-0.2, -0.15) is 0 Å². The molecule has 1 heterocycles. The first-order valence-electron chi connectivity index (χ1n) is 6.82. The number of sulfonamides is 1. The number of hydrogen-bond acceptors (Lipinski definition) is 4. The Balaban J connectivity index is 1.51. The molecule has 0 spiro atoms. The molecule has 0 aliphatic heterocycles. The summed E-state index contributed by atoms with van der Waals surface area (Å²) >= 11 is 0. The van der Waals surface area contributed by atoms with Crippen molar-refractivity contribution in [3.05, 3.63) is 17.9 Å². The SMILES string of the molecule is O=S(=O)(NC1C2C3CCC(C3)C12)c1ccc(CO)o1. The van der Waals surface area contributed by atoms with E-state index in [2.05, 4.69) is 4.72 Å². The molecule has 6 heteroatoms. The average molecular weight is 283 g/mol. The van der Waals surface area contributed by atoms with E-state index in [-0.39, 0.29) is 23.5 Å². The van der Waals surface area contributed by atoms with Crippen LogP contribution < -0.4 is 4.72 Å². The minimum absolute atomic E-state index is 0.0890. The van der Waals surface area contributed by atoms with E-state index in [0.29, 0.717) is 11.8 Å². The van der Waals surface area contributed by atoms with Gasteiger partial charge in [-0.15, -0.1) is 0 Å². The highest BCUT2D eigenvalue weighted by Gasteiger charge is 2.65. The minimum atomic E-state index is -3.58. The number of fused-ring (bicyclic) bond motifs is 5. The summed E-state index contributed by atoms with van der Waals surface area (Å²) in [4.78, 5) is 0. The van der Waals surface area contributed by atoms with Crippen LogP contribution in [0.15, 0.2) is 21.6 Å². The van der Waals surface area contributed by atoms with Gasteiger partial charge in [-0.05, 0) is 55.1 Å². The second kappa shape index (κ2) is 3.84. The summed E-state index contributed by atoms with van der Waals surface area (Å²) in [6, 6.07) is 3.01. The van der Waals surface area contributed by atoms with Crippen LogP contribution in [0.4, 0.5) is 0 Å². The fourth-order valence-corrected chi connectivity index (χ4v) is 5.56. The van der Waals surface area contributed by atoms with Crippen LogP contribution in [0.1, 0.15) is 25.0 Å². The molecule has 3 aliphatic rings. The number of furan rings is 1. The van der Waals surface area contributed by atoms with Gasteiger partial charge in [-0.3, -0.25) is 0 Å². The normalized spacial score (nSPS) is 39.5. The first-order chi connectivity index (χ1) is 9.10. The molecular formula is C13H17NO4S. The fourth-order valence-electron chi connectivity index (χ4n) is 4.31. The molecule has 0 aromatic carbocycles. The molecular weight excluding hydrogens is 266 g/mol. The highest BCUT2D eigenvalue weighted by molar-refractivity contribution is 7.89. The van der Waals surface area contributed by atoms with Crippen LogP contribution in [0.5, 0.6) is 0 Å². The van der Waals surface area contributed by atoms with E-state index in [1.807, 2.05) is 0 Å². The van der Waals surface area contributed by atoms with E-state index >= 15 is 0 Å². The molecule has 5 nitrogen and oxygen atoms in total. The Hall–Kier alpha value is -0.850. The zero-order chi connectivity index (χ0) is 13.2. The molecule has 3 saturated carbocycles. The summed E-state index contributed by atoms with van der Waals surface area (Å²) < 4.78 is 32.3. The molecule has 4 rings (SSSR count). The lowest BCUT2D eigenvalue weighted by Gasteiger charge is -2.09. The topological polar surface area (TPSA) is 79.5 Å². The molecule has 0 amide bonds. The van der Waals surface area contributed by atoms with Gasteiger partial charge in [0.1, 0.15) is 12.4 Å². The third-order valence-corrected chi connectivity index (χ3v) is 6.42. The van der Waals surface area contributed by atoms with Gasteiger partial charge in [0.15, 0.2) is 0 Å². The van der Waals surface area contributed by atoms with Gasteiger partial charge in [0.2, 0.25) is 5.09 Å². The third kappa shape index (κ3) is 1.70. The van der Waals surface area contributed by atoms with Crippen molar-refractivity contribution in [2.24, 2.45) is 23.7 Å². The second-order valence-electron chi connectivity index (χ2n) is 6.01. The molecule has 4 unspecified atom stereocenters. The molecule has 0 radical (unpaired) electrons. The smallest absolute Gasteiger partial charge is 0.274 e. The van der Waals surface area contributed by atoms with Gasteiger partial charge in [0, 0.05) is 6.04 Å². The van der Waals surface area contributed by atoms with Crippen molar-refractivity contribution < 1.29 is 17.9 Å². The highest BCUT2D eigenvalue weighted by Crippen LogP contribution is 2.65. The lowest BCUT2D eigenvalue weighted by atomic mass is 10.0.